The molecule has 4 rings (SSSR count). The van der Waals surface area contributed by atoms with Crippen molar-refractivity contribution in [3.8, 4) is 0 Å². The van der Waals surface area contributed by atoms with E-state index in [1.54, 1.807) is 0 Å². The predicted molar refractivity (Wildman–Crippen MR) is 87.0 cm³/mol. The molecular formula is C18H24O9. The summed E-state index contributed by atoms with van der Waals surface area (Å²) in [6, 6.07) is 0. The molecule has 0 aromatic heterocycles. The monoisotopic (exact) mass is 384 g/mol. The highest BCUT2D eigenvalue weighted by molar-refractivity contribution is 6.02. The molecule has 3 N–H and O–H groups in total. The van der Waals surface area contributed by atoms with Gasteiger partial charge in [0.2, 0.25) is 0 Å². The van der Waals surface area contributed by atoms with Crippen LogP contribution in [0.3, 0.4) is 0 Å². The largest absolute Gasteiger partial charge is 0.481 e. The van der Waals surface area contributed by atoms with Gasteiger partial charge in [-0.2, -0.15) is 0 Å². The molecule has 4 aliphatic rings. The molecule has 7 atom stereocenters. The van der Waals surface area contributed by atoms with Gasteiger partial charge in [0.1, 0.15) is 0 Å². The predicted octanol–water partition coefficient (Wildman–Crippen LogP) is 0.462. The minimum Gasteiger partial charge on any atom is -0.481 e. The van der Waals surface area contributed by atoms with Crippen molar-refractivity contribution in [1.82, 2.24) is 0 Å². The minimum absolute atomic E-state index is 0.00267. The number of carboxylic acids is 3. The average Bonchev–Trinajstić information content (AvgIpc) is 3.41. The lowest BCUT2D eigenvalue weighted by Gasteiger charge is -2.49. The Balaban J connectivity index is 1.74. The SMILES string of the molecule is O=C(O)C1C(CC2CO2)C(CC2CO2)C(CC2CO2)CC1(C(=O)O)C(=O)O. The molecular weight excluding hydrogens is 360 g/mol. The highest BCUT2D eigenvalue weighted by Crippen LogP contribution is 2.56. The normalized spacial score (nSPS) is 41.6. The first-order chi connectivity index (χ1) is 12.8. The van der Waals surface area contributed by atoms with E-state index in [2.05, 4.69) is 0 Å². The molecule has 0 spiro atoms. The summed E-state index contributed by atoms with van der Waals surface area (Å²) in [5, 5.41) is 29.6. The van der Waals surface area contributed by atoms with Gasteiger partial charge >= 0.3 is 17.9 Å². The Bertz CT molecular complexity index is 621. The zero-order valence-electron chi connectivity index (χ0n) is 14.8. The second-order valence-electron chi connectivity index (χ2n) is 8.26. The van der Waals surface area contributed by atoms with E-state index >= 15 is 0 Å². The van der Waals surface area contributed by atoms with Gasteiger partial charge in [0.05, 0.1) is 44.1 Å². The fourth-order valence-electron chi connectivity index (χ4n) is 5.07. The Morgan fingerprint density at radius 3 is 1.63 bits per heavy atom. The van der Waals surface area contributed by atoms with E-state index in [1.165, 1.54) is 0 Å². The highest BCUT2D eigenvalue weighted by atomic mass is 16.6. The van der Waals surface area contributed by atoms with Crippen LogP contribution in [0.15, 0.2) is 0 Å². The first kappa shape index (κ1) is 18.6. The number of carbonyl (C=O) groups is 3. The summed E-state index contributed by atoms with van der Waals surface area (Å²) in [5.74, 6) is -6.99. The van der Waals surface area contributed by atoms with Crippen LogP contribution in [0.1, 0.15) is 25.7 Å². The second-order valence-corrected chi connectivity index (χ2v) is 8.26. The summed E-state index contributed by atoms with van der Waals surface area (Å²) in [7, 11) is 0. The van der Waals surface area contributed by atoms with E-state index < -0.39 is 35.2 Å². The van der Waals surface area contributed by atoms with E-state index in [4.69, 9.17) is 14.2 Å². The molecule has 3 heterocycles. The summed E-state index contributed by atoms with van der Waals surface area (Å²) < 4.78 is 15.9. The van der Waals surface area contributed by atoms with Crippen LogP contribution in [0.4, 0.5) is 0 Å². The molecule has 9 heteroatoms. The van der Waals surface area contributed by atoms with Gasteiger partial charge in [-0.25, -0.2) is 0 Å². The molecule has 150 valence electrons. The molecule has 9 nitrogen and oxygen atoms in total. The van der Waals surface area contributed by atoms with Gasteiger partial charge in [0.25, 0.3) is 0 Å². The lowest BCUT2D eigenvalue weighted by molar-refractivity contribution is -0.190. The minimum atomic E-state index is -2.34. The van der Waals surface area contributed by atoms with Crippen LogP contribution < -0.4 is 0 Å². The van der Waals surface area contributed by atoms with Crippen LogP contribution in [0, 0.1) is 29.1 Å². The molecule has 3 saturated heterocycles. The average molecular weight is 384 g/mol. The quantitative estimate of drug-likeness (QED) is 0.380. The maximum atomic E-state index is 12.2. The Morgan fingerprint density at radius 2 is 1.22 bits per heavy atom. The van der Waals surface area contributed by atoms with E-state index in [0.29, 0.717) is 39.1 Å². The van der Waals surface area contributed by atoms with E-state index in [1.807, 2.05) is 0 Å². The van der Waals surface area contributed by atoms with Gasteiger partial charge in [0, 0.05) is 0 Å². The summed E-state index contributed by atoms with van der Waals surface area (Å²) in [6.45, 7) is 1.69. The van der Waals surface area contributed by atoms with Crippen LogP contribution in [0.2, 0.25) is 0 Å². The number of epoxide rings is 3. The summed E-state index contributed by atoms with van der Waals surface area (Å²) in [4.78, 5) is 36.4. The van der Waals surface area contributed by atoms with E-state index in [9.17, 15) is 29.7 Å². The first-order valence-electron chi connectivity index (χ1n) is 9.37. The van der Waals surface area contributed by atoms with Gasteiger partial charge in [0.15, 0.2) is 5.41 Å². The lowest BCUT2D eigenvalue weighted by Crippen LogP contribution is -2.58. The van der Waals surface area contributed by atoms with Gasteiger partial charge in [-0.15, -0.1) is 0 Å². The van der Waals surface area contributed by atoms with Crippen molar-refractivity contribution in [1.29, 1.82) is 0 Å². The Hall–Kier alpha value is -1.71. The lowest BCUT2D eigenvalue weighted by atomic mass is 9.52. The van der Waals surface area contributed by atoms with Crippen LogP contribution in [0.5, 0.6) is 0 Å². The Morgan fingerprint density at radius 1 is 0.778 bits per heavy atom. The van der Waals surface area contributed by atoms with Crippen molar-refractivity contribution in [2.24, 2.45) is 29.1 Å². The molecule has 27 heavy (non-hydrogen) atoms. The summed E-state index contributed by atoms with van der Waals surface area (Å²) >= 11 is 0. The zero-order chi connectivity index (χ0) is 19.3. The summed E-state index contributed by atoms with van der Waals surface area (Å²) in [5.41, 5.74) is -2.34. The molecule has 0 amide bonds. The van der Waals surface area contributed by atoms with E-state index in [0.717, 1.165) is 0 Å². The highest BCUT2D eigenvalue weighted by Gasteiger charge is 2.65. The smallest absolute Gasteiger partial charge is 0.321 e. The summed E-state index contributed by atoms with van der Waals surface area (Å²) in [6.07, 6.45) is 1.23. The van der Waals surface area contributed by atoms with Crippen molar-refractivity contribution < 1.29 is 43.9 Å². The molecule has 0 aromatic rings. The van der Waals surface area contributed by atoms with Crippen molar-refractivity contribution in [3.63, 3.8) is 0 Å². The zero-order valence-corrected chi connectivity index (χ0v) is 14.8. The van der Waals surface area contributed by atoms with Gasteiger partial charge in [-0.3, -0.25) is 14.4 Å². The molecule has 7 unspecified atom stereocenters. The second kappa shape index (κ2) is 6.72. The molecule has 0 bridgehead atoms. The molecule has 0 aromatic carbocycles. The Kier molecular flexibility index (Phi) is 4.64. The van der Waals surface area contributed by atoms with Crippen molar-refractivity contribution in [2.45, 2.75) is 44.0 Å². The standard InChI is InChI=1S/C18H24O9/c19-15(20)14-13(3-11-7-27-11)12(2-10-6-26-10)8(1-9-5-25-9)4-18(14,16(21)22)17(23)24/h8-14H,1-7H2,(H,19,20)(H,21,22)(H,23,24). The first-order valence-corrected chi connectivity index (χ1v) is 9.37. The van der Waals surface area contributed by atoms with Crippen molar-refractivity contribution in [3.05, 3.63) is 0 Å². The third-order valence-electron chi connectivity index (χ3n) is 6.57. The maximum absolute atomic E-state index is 12.2. The van der Waals surface area contributed by atoms with Crippen LogP contribution in [-0.4, -0.2) is 71.4 Å². The molecule has 3 aliphatic heterocycles. The number of aliphatic carboxylic acids is 3. The van der Waals surface area contributed by atoms with Crippen LogP contribution >= 0.6 is 0 Å². The third-order valence-corrected chi connectivity index (χ3v) is 6.57. The number of rotatable bonds is 9. The van der Waals surface area contributed by atoms with Crippen LogP contribution in [0.25, 0.3) is 0 Å². The van der Waals surface area contributed by atoms with Gasteiger partial charge in [-0.1, -0.05) is 0 Å². The van der Waals surface area contributed by atoms with Gasteiger partial charge < -0.3 is 29.5 Å². The number of carboxylic acid groups (broad SMARTS) is 3. The van der Waals surface area contributed by atoms with E-state index in [-0.39, 0.29) is 36.6 Å². The fourth-order valence-corrected chi connectivity index (χ4v) is 5.07. The fraction of sp³-hybridized carbons (Fsp3) is 0.833. The third kappa shape index (κ3) is 3.55. The number of ether oxygens (including phenoxy) is 3. The molecule has 0 radical (unpaired) electrons. The molecule has 1 saturated carbocycles. The van der Waals surface area contributed by atoms with Crippen molar-refractivity contribution in [2.75, 3.05) is 19.8 Å². The molecule has 4 fully saturated rings. The topological polar surface area (TPSA) is 149 Å². The van der Waals surface area contributed by atoms with Crippen molar-refractivity contribution >= 4 is 17.9 Å². The molecule has 1 aliphatic carbocycles. The van der Waals surface area contributed by atoms with Crippen LogP contribution in [-0.2, 0) is 28.6 Å². The number of hydrogen-bond donors (Lipinski definition) is 3. The maximum Gasteiger partial charge on any atom is 0.321 e. The van der Waals surface area contributed by atoms with Gasteiger partial charge in [-0.05, 0) is 43.4 Å². The number of hydrogen-bond acceptors (Lipinski definition) is 6. The Labute approximate surface area is 155 Å².